The van der Waals surface area contributed by atoms with Crippen LogP contribution in [0.5, 0.6) is 0 Å². The summed E-state index contributed by atoms with van der Waals surface area (Å²) in [5, 5.41) is 7.92. The van der Waals surface area contributed by atoms with Crippen molar-refractivity contribution in [2.45, 2.75) is 43.5 Å². The zero-order valence-electron chi connectivity index (χ0n) is 10.6. The van der Waals surface area contributed by atoms with Gasteiger partial charge in [0.15, 0.2) is 6.61 Å². The maximum atomic E-state index is 12.9. The molecule has 1 fully saturated rings. The Kier molecular flexibility index (Phi) is 6.11. The predicted octanol–water partition coefficient (Wildman–Crippen LogP) is 0.870. The molecule has 0 spiro atoms. The lowest BCUT2D eigenvalue weighted by Crippen LogP contribution is -2.33. The molecule has 0 saturated heterocycles. The Morgan fingerprint density at radius 1 is 1.35 bits per heavy atom. The van der Waals surface area contributed by atoms with Crippen molar-refractivity contribution in [3.8, 4) is 0 Å². The standard InChI is InChI=1S/C10H14F2O7S/c1-9(4-2-3-5-9)17-7(13)6-16-8(14)10(11,12)20-19-18-15/h15H,2-6H2,1H3/p-1. The number of hydrogen-bond donors (Lipinski definition) is 0. The van der Waals surface area contributed by atoms with Crippen LogP contribution in [0.25, 0.3) is 0 Å². The van der Waals surface area contributed by atoms with Crippen LogP contribution in [0.1, 0.15) is 32.6 Å². The number of halogens is 2. The molecule has 1 aliphatic rings. The quantitative estimate of drug-likeness (QED) is 0.296. The van der Waals surface area contributed by atoms with Crippen LogP contribution in [-0.2, 0) is 28.4 Å². The van der Waals surface area contributed by atoms with Gasteiger partial charge < -0.3 is 14.7 Å². The first-order valence-corrected chi connectivity index (χ1v) is 6.44. The smallest absolute Gasteiger partial charge is 0.415 e. The predicted molar refractivity (Wildman–Crippen MR) is 58.6 cm³/mol. The average Bonchev–Trinajstić information content (AvgIpc) is 2.79. The molecule has 0 aromatic rings. The highest BCUT2D eigenvalue weighted by Gasteiger charge is 2.44. The Hall–Kier alpha value is -0.970. The van der Waals surface area contributed by atoms with Crippen LogP contribution in [0, 0.1) is 0 Å². The summed E-state index contributed by atoms with van der Waals surface area (Å²) < 4.78 is 38.4. The van der Waals surface area contributed by atoms with Gasteiger partial charge in [0.1, 0.15) is 17.6 Å². The van der Waals surface area contributed by atoms with Crippen LogP contribution < -0.4 is 5.26 Å². The van der Waals surface area contributed by atoms with Crippen molar-refractivity contribution in [1.82, 2.24) is 0 Å². The van der Waals surface area contributed by atoms with E-state index in [0.717, 1.165) is 12.8 Å². The van der Waals surface area contributed by atoms with Crippen molar-refractivity contribution in [3.05, 3.63) is 0 Å². The molecule has 1 aliphatic carbocycles. The van der Waals surface area contributed by atoms with E-state index in [1.54, 1.807) is 6.92 Å². The van der Waals surface area contributed by atoms with Crippen molar-refractivity contribution >= 4 is 24.0 Å². The minimum atomic E-state index is -4.16. The summed E-state index contributed by atoms with van der Waals surface area (Å²) in [4.78, 5) is 22.3. The Morgan fingerprint density at radius 2 is 1.95 bits per heavy atom. The van der Waals surface area contributed by atoms with E-state index in [1.165, 1.54) is 0 Å². The largest absolute Gasteiger partial charge is 0.691 e. The lowest BCUT2D eigenvalue weighted by atomic mass is 10.1. The Labute approximate surface area is 117 Å². The van der Waals surface area contributed by atoms with Gasteiger partial charge in [-0.1, -0.05) is 0 Å². The van der Waals surface area contributed by atoms with E-state index in [9.17, 15) is 23.6 Å². The van der Waals surface area contributed by atoms with Crippen molar-refractivity contribution < 1.29 is 42.5 Å². The second-order valence-electron chi connectivity index (χ2n) is 4.44. The molecule has 0 amide bonds. The number of rotatable bonds is 7. The zero-order chi connectivity index (χ0) is 15.2. The van der Waals surface area contributed by atoms with Crippen LogP contribution in [0.3, 0.4) is 0 Å². The fourth-order valence-corrected chi connectivity index (χ4v) is 2.07. The van der Waals surface area contributed by atoms with Crippen molar-refractivity contribution in [2.24, 2.45) is 0 Å². The second-order valence-corrected chi connectivity index (χ2v) is 5.26. The van der Waals surface area contributed by atoms with Crippen LogP contribution in [0.2, 0.25) is 0 Å². The van der Waals surface area contributed by atoms with Crippen molar-refractivity contribution in [3.63, 3.8) is 0 Å². The summed E-state index contributed by atoms with van der Waals surface area (Å²) in [6, 6.07) is 0. The first-order chi connectivity index (χ1) is 9.29. The molecule has 1 saturated carbocycles. The molecule has 0 atom stereocenters. The number of hydrogen-bond acceptors (Lipinski definition) is 8. The lowest BCUT2D eigenvalue weighted by molar-refractivity contribution is -0.777. The first kappa shape index (κ1) is 17.1. The Morgan fingerprint density at radius 3 is 2.50 bits per heavy atom. The minimum absolute atomic E-state index is 0.639. The monoisotopic (exact) mass is 315 g/mol. The summed E-state index contributed by atoms with van der Waals surface area (Å²) in [6.45, 7) is 0.784. The maximum absolute atomic E-state index is 12.9. The molecule has 0 radical (unpaired) electrons. The molecule has 0 aromatic heterocycles. The van der Waals surface area contributed by atoms with Crippen LogP contribution in [-0.4, -0.2) is 29.4 Å². The highest BCUT2D eigenvalue weighted by molar-refractivity contribution is 7.96. The van der Waals surface area contributed by atoms with Gasteiger partial charge in [-0.3, -0.25) is 5.04 Å². The zero-order valence-corrected chi connectivity index (χ0v) is 11.4. The third kappa shape index (κ3) is 5.19. The van der Waals surface area contributed by atoms with Crippen LogP contribution >= 0.6 is 12.0 Å². The number of ether oxygens (including phenoxy) is 2. The van der Waals surface area contributed by atoms with E-state index in [4.69, 9.17) is 4.74 Å². The minimum Gasteiger partial charge on any atom is -0.691 e. The topological polar surface area (TPSA) is 94.1 Å². The molecule has 0 N–H and O–H groups in total. The summed E-state index contributed by atoms with van der Waals surface area (Å²) >= 11 is -0.824. The van der Waals surface area contributed by atoms with Crippen LogP contribution in [0.4, 0.5) is 8.78 Å². The second kappa shape index (κ2) is 7.16. The fourth-order valence-electron chi connectivity index (χ4n) is 1.83. The molecule has 0 bridgehead atoms. The SMILES string of the molecule is CC1(OC(=O)COC(=O)C(F)(F)SOO[O-])CCCC1. The number of carbonyl (C=O) groups excluding carboxylic acids is 2. The number of esters is 2. The third-order valence-electron chi connectivity index (χ3n) is 2.75. The van der Waals surface area contributed by atoms with E-state index in [-0.39, 0.29) is 0 Å². The van der Waals surface area contributed by atoms with Gasteiger partial charge >= 0.3 is 17.2 Å². The molecule has 7 nitrogen and oxygen atoms in total. The van der Waals surface area contributed by atoms with Crippen LogP contribution in [0.15, 0.2) is 0 Å². The van der Waals surface area contributed by atoms with Gasteiger partial charge in [0.2, 0.25) is 0 Å². The molecule has 116 valence electrons. The normalized spacial score (nSPS) is 17.8. The molecule has 0 aromatic carbocycles. The molecule has 1 rings (SSSR count). The molecule has 0 heterocycles. The summed E-state index contributed by atoms with van der Waals surface area (Å²) in [5.74, 6) is -2.95. The summed E-state index contributed by atoms with van der Waals surface area (Å²) in [7, 11) is 0. The van der Waals surface area contributed by atoms with E-state index in [1.807, 2.05) is 0 Å². The van der Waals surface area contributed by atoms with E-state index < -0.39 is 41.4 Å². The van der Waals surface area contributed by atoms with Gasteiger partial charge in [-0.05, 0) is 32.6 Å². The van der Waals surface area contributed by atoms with Crippen molar-refractivity contribution in [2.75, 3.05) is 6.61 Å². The Balaban J connectivity index is 2.34. The molecule has 0 aliphatic heterocycles. The van der Waals surface area contributed by atoms with Gasteiger partial charge in [0, 0.05) is 0 Å². The van der Waals surface area contributed by atoms with Gasteiger partial charge in [-0.15, -0.1) is 0 Å². The number of carbonyl (C=O) groups is 2. The van der Waals surface area contributed by atoms with E-state index >= 15 is 0 Å². The molecule has 20 heavy (non-hydrogen) atoms. The highest BCUT2D eigenvalue weighted by atomic mass is 32.2. The fraction of sp³-hybridized carbons (Fsp3) is 0.800. The summed E-state index contributed by atoms with van der Waals surface area (Å²) in [6.07, 6.45) is 3.16. The van der Waals surface area contributed by atoms with Gasteiger partial charge in [-0.2, -0.15) is 13.1 Å². The number of alkyl halides is 2. The molecular formula is C10H13F2O7S-. The van der Waals surface area contributed by atoms with E-state index in [0.29, 0.717) is 12.8 Å². The third-order valence-corrected chi connectivity index (χ3v) is 3.25. The van der Waals surface area contributed by atoms with E-state index in [2.05, 4.69) is 14.1 Å². The Bertz CT molecular complexity index is 358. The average molecular weight is 315 g/mol. The van der Waals surface area contributed by atoms with Gasteiger partial charge in [0.25, 0.3) is 0 Å². The first-order valence-electron chi connectivity index (χ1n) is 5.70. The molecule has 0 unspecified atom stereocenters. The lowest BCUT2D eigenvalue weighted by Gasteiger charge is -2.24. The van der Waals surface area contributed by atoms with Gasteiger partial charge in [0.05, 0.1) is 0 Å². The van der Waals surface area contributed by atoms with Gasteiger partial charge in [-0.25, -0.2) is 9.59 Å². The highest BCUT2D eigenvalue weighted by Crippen LogP contribution is 2.33. The maximum Gasteiger partial charge on any atom is 0.415 e. The molecule has 10 heteroatoms. The summed E-state index contributed by atoms with van der Waals surface area (Å²) in [5.41, 5.74) is -0.639. The molecular weight excluding hydrogens is 302 g/mol. The van der Waals surface area contributed by atoms with Crippen molar-refractivity contribution in [1.29, 1.82) is 0 Å².